The number of nitrogens with one attached hydrogen (secondary N) is 1. The van der Waals surface area contributed by atoms with Crippen LogP contribution in [-0.2, 0) is 21.2 Å². The van der Waals surface area contributed by atoms with E-state index in [0.717, 1.165) is 11.3 Å². The number of aromatic nitrogens is 1. The van der Waals surface area contributed by atoms with E-state index >= 15 is 0 Å². The number of hydrogen-bond acceptors (Lipinski definition) is 5. The fraction of sp³-hybridized carbons (Fsp3) is 0.294. The van der Waals surface area contributed by atoms with Crippen LogP contribution in [0, 0.1) is 5.92 Å². The smallest absolute Gasteiger partial charge is 0.264 e. The lowest BCUT2D eigenvalue weighted by Crippen LogP contribution is -2.32. The second-order valence-corrected chi connectivity index (χ2v) is 7.72. The number of benzene rings is 1. The van der Waals surface area contributed by atoms with E-state index in [-0.39, 0.29) is 16.7 Å². The molecule has 1 aliphatic heterocycles. The molecule has 1 saturated carbocycles. The highest BCUT2D eigenvalue weighted by atomic mass is 32.2. The van der Waals surface area contributed by atoms with Gasteiger partial charge in [-0.05, 0) is 42.3 Å². The number of carbonyl (C=O) groups is 1. The zero-order chi connectivity index (χ0) is 16.7. The van der Waals surface area contributed by atoms with Gasteiger partial charge in [-0.3, -0.25) is 9.78 Å². The summed E-state index contributed by atoms with van der Waals surface area (Å²) in [5.74, 6) is -0.109. The topological polar surface area (TPSA) is 85.4 Å². The predicted octanol–water partition coefficient (Wildman–Crippen LogP) is 1.63. The molecular formula is C17H16N2O4S. The first kappa shape index (κ1) is 15.1. The van der Waals surface area contributed by atoms with E-state index in [4.69, 9.17) is 4.74 Å². The lowest BCUT2D eigenvalue weighted by atomic mass is 10.2. The minimum atomic E-state index is -3.87. The number of rotatable bonds is 4. The molecule has 1 N–H and O–H groups in total. The Morgan fingerprint density at radius 2 is 2.12 bits per heavy atom. The highest BCUT2D eigenvalue weighted by Crippen LogP contribution is 2.46. The molecule has 2 aromatic rings. The third-order valence-corrected chi connectivity index (χ3v) is 5.75. The first-order chi connectivity index (χ1) is 11.5. The van der Waals surface area contributed by atoms with Gasteiger partial charge in [-0.2, -0.15) is 0 Å². The minimum Gasteiger partial charge on any atom is -0.493 e. The number of hydrogen-bond donors (Lipinski definition) is 1. The van der Waals surface area contributed by atoms with Crippen molar-refractivity contribution in [2.45, 2.75) is 23.7 Å². The van der Waals surface area contributed by atoms with Gasteiger partial charge in [0.2, 0.25) is 5.91 Å². The van der Waals surface area contributed by atoms with Crippen LogP contribution in [0.5, 0.6) is 5.75 Å². The van der Waals surface area contributed by atoms with Crippen LogP contribution in [0.25, 0.3) is 0 Å². The van der Waals surface area contributed by atoms with Gasteiger partial charge in [-0.1, -0.05) is 6.07 Å². The molecule has 1 fully saturated rings. The van der Waals surface area contributed by atoms with Crippen LogP contribution in [0.2, 0.25) is 0 Å². The summed E-state index contributed by atoms with van der Waals surface area (Å²) in [6, 6.07) is 10.2. The van der Waals surface area contributed by atoms with Crippen molar-refractivity contribution >= 4 is 15.9 Å². The average molecular weight is 344 g/mol. The fourth-order valence-electron chi connectivity index (χ4n) is 3.00. The van der Waals surface area contributed by atoms with Crippen molar-refractivity contribution in [3.05, 3.63) is 53.9 Å². The molecule has 0 spiro atoms. The summed E-state index contributed by atoms with van der Waals surface area (Å²) in [5.41, 5.74) is 1.67. The van der Waals surface area contributed by atoms with Crippen molar-refractivity contribution in [1.82, 2.24) is 9.71 Å². The van der Waals surface area contributed by atoms with E-state index in [0.29, 0.717) is 25.2 Å². The number of nitrogens with zero attached hydrogens (tertiary/aromatic N) is 1. The molecule has 1 amide bonds. The molecule has 124 valence electrons. The molecule has 6 nitrogen and oxygen atoms in total. The molecule has 1 aromatic heterocycles. The van der Waals surface area contributed by atoms with Crippen molar-refractivity contribution in [2.24, 2.45) is 5.92 Å². The van der Waals surface area contributed by atoms with E-state index < -0.39 is 15.9 Å². The summed E-state index contributed by atoms with van der Waals surface area (Å²) in [4.78, 5) is 16.6. The summed E-state index contributed by atoms with van der Waals surface area (Å²) in [7, 11) is -3.87. The Bertz CT molecular complexity index is 896. The zero-order valence-electron chi connectivity index (χ0n) is 12.8. The largest absolute Gasteiger partial charge is 0.493 e. The lowest BCUT2D eigenvalue weighted by Gasteiger charge is -2.08. The molecule has 0 unspecified atom stereocenters. The molecule has 0 saturated heterocycles. The summed E-state index contributed by atoms with van der Waals surface area (Å²) >= 11 is 0. The third-order valence-electron chi connectivity index (χ3n) is 4.40. The van der Waals surface area contributed by atoms with Crippen LogP contribution in [0.4, 0.5) is 0 Å². The number of sulfonamides is 1. The first-order valence-electron chi connectivity index (χ1n) is 7.78. The van der Waals surface area contributed by atoms with Crippen molar-refractivity contribution in [3.8, 4) is 5.75 Å². The van der Waals surface area contributed by atoms with Gasteiger partial charge in [-0.25, -0.2) is 13.1 Å². The number of pyridine rings is 1. The quantitative estimate of drug-likeness (QED) is 0.911. The van der Waals surface area contributed by atoms with Crippen molar-refractivity contribution in [3.63, 3.8) is 0 Å². The predicted molar refractivity (Wildman–Crippen MR) is 86.1 cm³/mol. The maximum Gasteiger partial charge on any atom is 0.264 e. The molecule has 2 aliphatic rings. The fourth-order valence-corrected chi connectivity index (χ4v) is 4.08. The summed E-state index contributed by atoms with van der Waals surface area (Å²) in [6.07, 6.45) is 2.97. The van der Waals surface area contributed by atoms with Crippen LogP contribution in [0.1, 0.15) is 23.6 Å². The van der Waals surface area contributed by atoms with E-state index in [9.17, 15) is 13.2 Å². The van der Waals surface area contributed by atoms with Gasteiger partial charge in [-0.15, -0.1) is 0 Å². The summed E-state index contributed by atoms with van der Waals surface area (Å²) in [6.45, 7) is 0.555. The van der Waals surface area contributed by atoms with Crippen molar-refractivity contribution in [2.75, 3.05) is 6.61 Å². The van der Waals surface area contributed by atoms with Gasteiger partial charge >= 0.3 is 0 Å². The van der Waals surface area contributed by atoms with Crippen LogP contribution >= 0.6 is 0 Å². The maximum atomic E-state index is 12.4. The Hall–Kier alpha value is -2.41. The number of amides is 1. The SMILES string of the molecule is O=C(NS(=O)(=O)c1ccc2c(c1)CCO2)[C@@H]1C[C@H]1c1ccccn1. The van der Waals surface area contributed by atoms with E-state index in [1.54, 1.807) is 18.3 Å². The summed E-state index contributed by atoms with van der Waals surface area (Å²) in [5, 5.41) is 0. The van der Waals surface area contributed by atoms with E-state index in [1.807, 2.05) is 18.2 Å². The molecule has 1 aliphatic carbocycles. The molecule has 7 heteroatoms. The van der Waals surface area contributed by atoms with Gasteiger partial charge in [0.25, 0.3) is 10.0 Å². The average Bonchev–Trinajstić information content (AvgIpc) is 3.25. The molecule has 4 rings (SSSR count). The monoisotopic (exact) mass is 344 g/mol. The molecular weight excluding hydrogens is 328 g/mol. The summed E-state index contributed by atoms with van der Waals surface area (Å²) < 4.78 is 32.4. The van der Waals surface area contributed by atoms with Gasteiger partial charge in [0.05, 0.1) is 11.5 Å². The Labute approximate surface area is 139 Å². The lowest BCUT2D eigenvalue weighted by molar-refractivity contribution is -0.120. The maximum absolute atomic E-state index is 12.4. The zero-order valence-corrected chi connectivity index (χ0v) is 13.6. The second-order valence-electron chi connectivity index (χ2n) is 6.04. The van der Waals surface area contributed by atoms with Crippen molar-refractivity contribution in [1.29, 1.82) is 0 Å². The van der Waals surface area contributed by atoms with E-state index in [1.165, 1.54) is 6.07 Å². The minimum absolute atomic E-state index is 0.00480. The van der Waals surface area contributed by atoms with Gasteiger partial charge in [0.1, 0.15) is 5.75 Å². The van der Waals surface area contributed by atoms with Gasteiger partial charge in [0, 0.05) is 30.1 Å². The van der Waals surface area contributed by atoms with Crippen LogP contribution < -0.4 is 9.46 Å². The Kier molecular flexibility index (Phi) is 3.53. The standard InChI is InChI=1S/C17H16N2O4S/c20-17(14-10-13(14)15-3-1-2-7-18-15)19-24(21,22)12-4-5-16-11(9-12)6-8-23-16/h1-5,7,9,13-14H,6,8,10H2,(H,19,20)/t13-,14-/m1/s1. The van der Waals surface area contributed by atoms with Crippen molar-refractivity contribution < 1.29 is 17.9 Å². The first-order valence-corrected chi connectivity index (χ1v) is 9.26. The molecule has 0 bridgehead atoms. The Morgan fingerprint density at radius 3 is 2.92 bits per heavy atom. The second kappa shape index (κ2) is 5.59. The normalized spacial score (nSPS) is 21.7. The molecule has 2 atom stereocenters. The molecule has 2 heterocycles. The molecule has 0 radical (unpaired) electrons. The Morgan fingerprint density at radius 1 is 1.25 bits per heavy atom. The molecule has 1 aromatic carbocycles. The van der Waals surface area contributed by atoms with Crippen LogP contribution in [0.3, 0.4) is 0 Å². The number of fused-ring (bicyclic) bond motifs is 1. The molecule has 24 heavy (non-hydrogen) atoms. The highest BCUT2D eigenvalue weighted by molar-refractivity contribution is 7.90. The number of carbonyl (C=O) groups excluding carboxylic acids is 1. The van der Waals surface area contributed by atoms with Gasteiger partial charge in [0.15, 0.2) is 0 Å². The highest BCUT2D eigenvalue weighted by Gasteiger charge is 2.46. The number of ether oxygens (including phenoxy) is 1. The third kappa shape index (κ3) is 2.75. The van der Waals surface area contributed by atoms with E-state index in [2.05, 4.69) is 9.71 Å². The van der Waals surface area contributed by atoms with Gasteiger partial charge < -0.3 is 4.74 Å². The van der Waals surface area contributed by atoms with Crippen LogP contribution in [0.15, 0.2) is 47.5 Å². The van der Waals surface area contributed by atoms with Crippen LogP contribution in [-0.4, -0.2) is 25.9 Å². The Balaban J connectivity index is 1.48.